The van der Waals surface area contributed by atoms with Gasteiger partial charge in [0.1, 0.15) is 33.5 Å². The van der Waals surface area contributed by atoms with Gasteiger partial charge in [-0.05, 0) is 72.3 Å². The van der Waals surface area contributed by atoms with Crippen LogP contribution in [0.25, 0.3) is 144 Å². The Kier molecular flexibility index (Phi) is 7.55. The van der Waals surface area contributed by atoms with E-state index in [1.807, 2.05) is 78.9 Å². The number of aromatic nitrogens is 4. The number of hydrogen-bond acceptors (Lipinski definition) is 7. The molecule has 0 unspecified atom stereocenters. The quantitative estimate of drug-likeness (QED) is 0.160. The van der Waals surface area contributed by atoms with Crippen molar-refractivity contribution in [3.63, 3.8) is 0 Å². The first-order valence-electron chi connectivity index (χ1n) is 21.6. The fourth-order valence-electron chi connectivity index (χ4n) is 9.65. The number of fused-ring (bicyclic) bond motifs is 13. The van der Waals surface area contributed by atoms with E-state index in [4.69, 9.17) is 33.2 Å². The Morgan fingerprint density at radius 2 is 0.754 bits per heavy atom. The predicted molar refractivity (Wildman–Crippen MR) is 262 cm³/mol. The minimum Gasteiger partial charge on any atom is -0.456 e. The Morgan fingerprint density at radius 3 is 1.38 bits per heavy atom. The van der Waals surface area contributed by atoms with E-state index in [-0.39, 0.29) is 0 Å². The topological polar surface area (TPSA) is 91.0 Å². The zero-order valence-corrected chi connectivity index (χ0v) is 34.5. The minimum atomic E-state index is 0.556. The van der Waals surface area contributed by atoms with Gasteiger partial charge in [0.15, 0.2) is 17.5 Å². The third-order valence-corrected chi connectivity index (χ3v) is 12.7. The molecule has 5 heterocycles. The van der Waals surface area contributed by atoms with E-state index in [2.05, 4.69) is 115 Å². The third-order valence-electron chi connectivity index (χ3n) is 12.7. The van der Waals surface area contributed by atoms with Gasteiger partial charge in [-0.2, -0.15) is 0 Å². The Labute approximate surface area is 369 Å². The fraction of sp³-hybridized carbons (Fsp3) is 0. The molecule has 14 aromatic rings. The molecule has 0 radical (unpaired) electrons. The number of para-hydroxylation sites is 4. The van der Waals surface area contributed by atoms with Crippen molar-refractivity contribution >= 4 is 87.5 Å². The number of hydrogen-bond donors (Lipinski definition) is 0. The number of furan rings is 3. The summed E-state index contributed by atoms with van der Waals surface area (Å²) >= 11 is 0. The molecule has 0 saturated heterocycles. The fourth-order valence-corrected chi connectivity index (χ4v) is 9.65. The normalized spacial score (nSPS) is 12.0. The Morgan fingerprint density at radius 1 is 0.277 bits per heavy atom. The molecule has 0 N–H and O–H groups in total. The summed E-state index contributed by atoms with van der Waals surface area (Å²) in [7, 11) is 0. The van der Waals surface area contributed by atoms with Crippen molar-refractivity contribution in [2.45, 2.75) is 0 Å². The van der Waals surface area contributed by atoms with Gasteiger partial charge >= 0.3 is 0 Å². The molecule has 0 atom stereocenters. The van der Waals surface area contributed by atoms with Crippen molar-refractivity contribution in [2.75, 3.05) is 0 Å². The third kappa shape index (κ3) is 5.55. The lowest BCUT2D eigenvalue weighted by Crippen LogP contribution is -2.00. The molecule has 0 aliphatic rings. The van der Waals surface area contributed by atoms with Crippen LogP contribution >= 0.6 is 0 Å². The SMILES string of the molecule is c1ccc(-c2nc3ccccc3c3c2cc(-c2ccc(-c4nc(-c5ccc6oc7ccccc7c6c5)nc(-c5ccc6oc7ccccc7c6c5)n4)cc2)c2oc4ccccc4c23)cc1. The van der Waals surface area contributed by atoms with Crippen molar-refractivity contribution in [1.82, 2.24) is 19.9 Å². The summed E-state index contributed by atoms with van der Waals surface area (Å²) in [6, 6.07) is 66.3. The van der Waals surface area contributed by atoms with Crippen LogP contribution in [0.5, 0.6) is 0 Å². The van der Waals surface area contributed by atoms with Gasteiger partial charge < -0.3 is 13.3 Å². The van der Waals surface area contributed by atoms with E-state index < -0.39 is 0 Å². The van der Waals surface area contributed by atoms with Crippen LogP contribution in [-0.4, -0.2) is 19.9 Å². The second-order valence-electron chi connectivity index (χ2n) is 16.5. The molecular weight excluding hydrogens is 801 g/mol. The van der Waals surface area contributed by atoms with Crippen LogP contribution in [0.15, 0.2) is 207 Å². The van der Waals surface area contributed by atoms with Crippen molar-refractivity contribution in [3.05, 3.63) is 194 Å². The van der Waals surface area contributed by atoms with E-state index >= 15 is 0 Å². The highest BCUT2D eigenvalue weighted by Gasteiger charge is 2.22. The summed E-state index contributed by atoms with van der Waals surface area (Å²) in [5, 5.41) is 9.50. The molecule has 0 bridgehead atoms. The first kappa shape index (κ1) is 35.6. The number of rotatable bonds is 5. The lowest BCUT2D eigenvalue weighted by atomic mass is 9.91. The summed E-state index contributed by atoms with van der Waals surface area (Å²) < 4.78 is 19.2. The van der Waals surface area contributed by atoms with Gasteiger partial charge in [-0.3, -0.25) is 0 Å². The molecule has 5 aromatic heterocycles. The van der Waals surface area contributed by atoms with Gasteiger partial charge in [0.25, 0.3) is 0 Å². The summed E-state index contributed by atoms with van der Waals surface area (Å²) in [5.41, 5.74) is 12.4. The first-order chi connectivity index (χ1) is 32.2. The van der Waals surface area contributed by atoms with Crippen molar-refractivity contribution in [2.24, 2.45) is 0 Å². The smallest absolute Gasteiger partial charge is 0.164 e. The zero-order valence-electron chi connectivity index (χ0n) is 34.5. The molecule has 0 amide bonds. The summed E-state index contributed by atoms with van der Waals surface area (Å²) in [6.45, 7) is 0. The molecule has 302 valence electrons. The van der Waals surface area contributed by atoms with Crippen molar-refractivity contribution in [1.29, 1.82) is 0 Å². The van der Waals surface area contributed by atoms with Gasteiger partial charge in [-0.15, -0.1) is 0 Å². The Balaban J connectivity index is 0.966. The number of benzene rings is 9. The predicted octanol–water partition coefficient (Wildman–Crippen LogP) is 15.6. The van der Waals surface area contributed by atoms with E-state index in [0.717, 1.165) is 127 Å². The Hall–Kier alpha value is -8.94. The van der Waals surface area contributed by atoms with E-state index in [9.17, 15) is 0 Å². The highest BCUT2D eigenvalue weighted by Crippen LogP contribution is 2.46. The standard InChI is InChI=1S/C58H32N4O3/c1-2-12-34(13-3-1)54-45-32-42(55-53(41-17-7-11-21-49(41)65-55)52(45)40-16-4-8-18-46(40)59-54)33-22-24-35(25-23-33)56-60-57(36-26-28-50-43(30-36)38-14-5-9-19-47(38)63-50)62-58(61-56)37-27-29-51-44(31-37)39-15-6-10-20-48(39)64-51/h1-32H. The maximum absolute atomic E-state index is 6.82. The lowest BCUT2D eigenvalue weighted by molar-refractivity contribution is 0.668. The monoisotopic (exact) mass is 832 g/mol. The highest BCUT2D eigenvalue weighted by molar-refractivity contribution is 6.30. The number of nitrogens with zero attached hydrogens (tertiary/aromatic N) is 4. The molecule has 14 rings (SSSR count). The number of pyridine rings is 1. The van der Waals surface area contributed by atoms with Gasteiger partial charge in [-0.1, -0.05) is 127 Å². The van der Waals surface area contributed by atoms with Gasteiger partial charge in [0.05, 0.1) is 11.2 Å². The molecule has 0 spiro atoms. The molecular formula is C58H32N4O3. The molecule has 0 aliphatic carbocycles. The van der Waals surface area contributed by atoms with Crippen LogP contribution in [0.1, 0.15) is 0 Å². The van der Waals surface area contributed by atoms with Crippen LogP contribution < -0.4 is 0 Å². The zero-order chi connectivity index (χ0) is 42.6. The lowest BCUT2D eigenvalue weighted by Gasteiger charge is -2.14. The molecule has 0 fully saturated rings. The summed E-state index contributed by atoms with van der Waals surface area (Å²) in [4.78, 5) is 20.8. The van der Waals surface area contributed by atoms with Gasteiger partial charge in [0.2, 0.25) is 0 Å². The molecule has 9 aromatic carbocycles. The molecule has 65 heavy (non-hydrogen) atoms. The van der Waals surface area contributed by atoms with Crippen LogP contribution in [0.2, 0.25) is 0 Å². The summed E-state index contributed by atoms with van der Waals surface area (Å²) in [5.74, 6) is 1.68. The van der Waals surface area contributed by atoms with Crippen LogP contribution in [0.3, 0.4) is 0 Å². The largest absolute Gasteiger partial charge is 0.456 e. The average molecular weight is 833 g/mol. The van der Waals surface area contributed by atoms with Crippen LogP contribution in [0.4, 0.5) is 0 Å². The second kappa shape index (κ2) is 13.8. The van der Waals surface area contributed by atoms with Crippen molar-refractivity contribution < 1.29 is 13.3 Å². The Bertz CT molecular complexity index is 4110. The maximum atomic E-state index is 6.82. The first-order valence-corrected chi connectivity index (χ1v) is 21.6. The van der Waals surface area contributed by atoms with Gasteiger partial charge in [0, 0.05) is 76.3 Å². The van der Waals surface area contributed by atoms with Gasteiger partial charge in [-0.25, -0.2) is 19.9 Å². The van der Waals surface area contributed by atoms with Crippen molar-refractivity contribution in [3.8, 4) is 56.5 Å². The van der Waals surface area contributed by atoms with Crippen LogP contribution in [0, 0.1) is 0 Å². The maximum Gasteiger partial charge on any atom is 0.164 e. The second-order valence-corrected chi connectivity index (χ2v) is 16.5. The van der Waals surface area contributed by atoms with E-state index in [0.29, 0.717) is 17.5 Å². The average Bonchev–Trinajstić information content (AvgIpc) is 4.07. The molecule has 7 heteroatoms. The summed E-state index contributed by atoms with van der Waals surface area (Å²) in [6.07, 6.45) is 0. The molecule has 0 aliphatic heterocycles. The van der Waals surface area contributed by atoms with E-state index in [1.165, 1.54) is 0 Å². The van der Waals surface area contributed by atoms with Crippen LogP contribution in [-0.2, 0) is 0 Å². The molecule has 7 nitrogen and oxygen atoms in total. The minimum absolute atomic E-state index is 0.556. The van der Waals surface area contributed by atoms with E-state index in [1.54, 1.807) is 0 Å². The molecule has 0 saturated carbocycles. The highest BCUT2D eigenvalue weighted by atomic mass is 16.3.